The number of rotatable bonds is 4. The van der Waals surface area contributed by atoms with Gasteiger partial charge in [-0.2, -0.15) is 5.26 Å². The standard InChI is InChI=1S/C14H10BrN3O2/c15-11-5-12(14(19)20)13(18-8-11)17-7-10-3-1-2-9(4-10)6-16/h1-5,8H,7H2,(H,17,18)(H,19,20). The molecule has 0 radical (unpaired) electrons. The largest absolute Gasteiger partial charge is 0.478 e. The number of carbonyl (C=O) groups is 1. The Morgan fingerprint density at radius 2 is 2.25 bits per heavy atom. The van der Waals surface area contributed by atoms with E-state index in [-0.39, 0.29) is 5.56 Å². The van der Waals surface area contributed by atoms with E-state index < -0.39 is 5.97 Å². The highest BCUT2D eigenvalue weighted by molar-refractivity contribution is 9.10. The molecular weight excluding hydrogens is 322 g/mol. The minimum absolute atomic E-state index is 0.0933. The lowest BCUT2D eigenvalue weighted by atomic mass is 10.1. The second-order valence-electron chi connectivity index (χ2n) is 4.02. The minimum Gasteiger partial charge on any atom is -0.478 e. The number of nitrogens with one attached hydrogen (secondary N) is 1. The highest BCUT2D eigenvalue weighted by Crippen LogP contribution is 2.19. The molecule has 6 heteroatoms. The lowest BCUT2D eigenvalue weighted by molar-refractivity contribution is 0.0697. The second kappa shape index (κ2) is 6.17. The Bertz CT molecular complexity index is 695. The van der Waals surface area contributed by atoms with Crippen LogP contribution in [0.3, 0.4) is 0 Å². The first-order chi connectivity index (χ1) is 9.60. The normalized spacial score (nSPS) is 9.80. The van der Waals surface area contributed by atoms with Gasteiger partial charge in [0, 0.05) is 17.2 Å². The van der Waals surface area contributed by atoms with Crippen molar-refractivity contribution in [3.8, 4) is 6.07 Å². The van der Waals surface area contributed by atoms with Crippen LogP contribution in [0.1, 0.15) is 21.5 Å². The van der Waals surface area contributed by atoms with E-state index in [0.29, 0.717) is 22.4 Å². The molecule has 1 aromatic carbocycles. The third-order valence-corrected chi connectivity index (χ3v) is 3.03. The lowest BCUT2D eigenvalue weighted by Gasteiger charge is -2.09. The Morgan fingerprint density at radius 3 is 2.95 bits per heavy atom. The number of aromatic carboxylic acids is 1. The number of benzene rings is 1. The van der Waals surface area contributed by atoms with Gasteiger partial charge in [-0.3, -0.25) is 0 Å². The predicted octanol–water partition coefficient (Wildman–Crippen LogP) is 3.03. The van der Waals surface area contributed by atoms with E-state index in [0.717, 1.165) is 5.56 Å². The van der Waals surface area contributed by atoms with E-state index in [4.69, 9.17) is 10.4 Å². The van der Waals surface area contributed by atoms with E-state index in [1.165, 1.54) is 12.3 Å². The van der Waals surface area contributed by atoms with Crippen LogP contribution in [0.15, 0.2) is 41.0 Å². The summed E-state index contributed by atoms with van der Waals surface area (Å²) in [7, 11) is 0. The van der Waals surface area contributed by atoms with Crippen LogP contribution < -0.4 is 5.32 Å². The van der Waals surface area contributed by atoms with Gasteiger partial charge in [0.1, 0.15) is 11.4 Å². The van der Waals surface area contributed by atoms with Crippen LogP contribution in [0.2, 0.25) is 0 Å². The van der Waals surface area contributed by atoms with Gasteiger partial charge in [-0.15, -0.1) is 0 Å². The van der Waals surface area contributed by atoms with Crippen LogP contribution in [0.5, 0.6) is 0 Å². The SMILES string of the molecule is N#Cc1cccc(CNc2ncc(Br)cc2C(=O)O)c1. The van der Waals surface area contributed by atoms with Crippen LogP contribution in [-0.2, 0) is 6.54 Å². The molecule has 0 atom stereocenters. The highest BCUT2D eigenvalue weighted by Gasteiger charge is 2.11. The number of carboxylic acid groups (broad SMARTS) is 1. The molecular formula is C14H10BrN3O2. The number of halogens is 1. The first-order valence-electron chi connectivity index (χ1n) is 5.72. The molecule has 100 valence electrons. The number of nitrogens with zero attached hydrogens (tertiary/aromatic N) is 2. The van der Waals surface area contributed by atoms with Gasteiger partial charge in [0.25, 0.3) is 0 Å². The summed E-state index contributed by atoms with van der Waals surface area (Å²) >= 11 is 3.19. The van der Waals surface area contributed by atoms with Crippen molar-refractivity contribution >= 4 is 27.7 Å². The summed E-state index contributed by atoms with van der Waals surface area (Å²) in [6, 6.07) is 10.6. The third kappa shape index (κ3) is 3.33. The Hall–Kier alpha value is -2.39. The molecule has 0 saturated heterocycles. The number of carboxylic acids is 1. The smallest absolute Gasteiger partial charge is 0.339 e. The summed E-state index contributed by atoms with van der Waals surface area (Å²) in [5.74, 6) is -0.755. The molecule has 2 N–H and O–H groups in total. The molecule has 0 spiro atoms. The van der Waals surface area contributed by atoms with Crippen molar-refractivity contribution in [2.45, 2.75) is 6.54 Å². The molecule has 0 saturated carbocycles. The van der Waals surface area contributed by atoms with Crippen LogP contribution >= 0.6 is 15.9 Å². The number of anilines is 1. The molecule has 0 unspecified atom stereocenters. The minimum atomic E-state index is -1.05. The van der Waals surface area contributed by atoms with Gasteiger partial charge in [-0.1, -0.05) is 12.1 Å². The Kier molecular flexibility index (Phi) is 4.33. The fourth-order valence-electron chi connectivity index (χ4n) is 1.68. The molecule has 0 fully saturated rings. The molecule has 0 aliphatic carbocycles. The topological polar surface area (TPSA) is 86.0 Å². The van der Waals surface area contributed by atoms with E-state index in [9.17, 15) is 4.79 Å². The fraction of sp³-hybridized carbons (Fsp3) is 0.0714. The van der Waals surface area contributed by atoms with Crippen molar-refractivity contribution in [2.24, 2.45) is 0 Å². The van der Waals surface area contributed by atoms with Crippen LogP contribution in [0.4, 0.5) is 5.82 Å². The van der Waals surface area contributed by atoms with Gasteiger partial charge in [-0.25, -0.2) is 9.78 Å². The van der Waals surface area contributed by atoms with Gasteiger partial charge in [0.05, 0.1) is 11.6 Å². The van der Waals surface area contributed by atoms with E-state index in [2.05, 4.69) is 32.3 Å². The van der Waals surface area contributed by atoms with E-state index in [1.54, 1.807) is 18.2 Å². The van der Waals surface area contributed by atoms with Gasteiger partial charge in [0.2, 0.25) is 0 Å². The quantitative estimate of drug-likeness (QED) is 0.899. The molecule has 20 heavy (non-hydrogen) atoms. The van der Waals surface area contributed by atoms with Crippen molar-refractivity contribution in [2.75, 3.05) is 5.32 Å². The second-order valence-corrected chi connectivity index (χ2v) is 4.94. The molecule has 0 bridgehead atoms. The van der Waals surface area contributed by atoms with Gasteiger partial charge >= 0.3 is 5.97 Å². The highest BCUT2D eigenvalue weighted by atomic mass is 79.9. The summed E-state index contributed by atoms with van der Waals surface area (Å²) in [5, 5.41) is 20.9. The Morgan fingerprint density at radius 1 is 1.45 bits per heavy atom. The van der Waals surface area contributed by atoms with Gasteiger partial charge in [0.15, 0.2) is 0 Å². The lowest BCUT2D eigenvalue weighted by Crippen LogP contribution is -2.08. The molecule has 1 aromatic heterocycles. The summed E-state index contributed by atoms with van der Waals surface area (Å²) < 4.78 is 0.604. The molecule has 0 aliphatic rings. The van der Waals surface area contributed by atoms with Crippen molar-refractivity contribution in [3.63, 3.8) is 0 Å². The van der Waals surface area contributed by atoms with Crippen LogP contribution in [-0.4, -0.2) is 16.1 Å². The zero-order chi connectivity index (χ0) is 14.5. The maximum atomic E-state index is 11.1. The first kappa shape index (κ1) is 14.0. The number of nitriles is 1. The maximum absolute atomic E-state index is 11.1. The molecule has 5 nitrogen and oxygen atoms in total. The summed E-state index contributed by atoms with van der Waals surface area (Å²) in [5.41, 5.74) is 1.53. The zero-order valence-corrected chi connectivity index (χ0v) is 11.9. The van der Waals surface area contributed by atoms with Crippen molar-refractivity contribution in [1.29, 1.82) is 5.26 Å². The predicted molar refractivity (Wildman–Crippen MR) is 77.4 cm³/mol. The Balaban J connectivity index is 2.19. The number of hydrogen-bond acceptors (Lipinski definition) is 4. The van der Waals surface area contributed by atoms with Crippen LogP contribution in [0.25, 0.3) is 0 Å². The first-order valence-corrected chi connectivity index (χ1v) is 6.51. The third-order valence-electron chi connectivity index (χ3n) is 2.60. The molecule has 0 amide bonds. The average Bonchev–Trinajstić information content (AvgIpc) is 2.46. The fourth-order valence-corrected chi connectivity index (χ4v) is 2.01. The van der Waals surface area contributed by atoms with E-state index in [1.807, 2.05) is 6.07 Å². The number of pyridine rings is 1. The monoisotopic (exact) mass is 331 g/mol. The molecule has 2 aromatic rings. The average molecular weight is 332 g/mol. The molecule has 1 heterocycles. The van der Waals surface area contributed by atoms with Gasteiger partial charge < -0.3 is 10.4 Å². The van der Waals surface area contributed by atoms with Crippen molar-refractivity contribution in [3.05, 3.63) is 57.7 Å². The molecule has 2 rings (SSSR count). The summed E-state index contributed by atoms with van der Waals surface area (Å²) in [6.45, 7) is 0.393. The number of hydrogen-bond donors (Lipinski definition) is 2. The summed E-state index contributed by atoms with van der Waals surface area (Å²) in [4.78, 5) is 15.2. The Labute approximate surface area is 124 Å². The zero-order valence-electron chi connectivity index (χ0n) is 10.3. The van der Waals surface area contributed by atoms with Crippen LogP contribution in [0, 0.1) is 11.3 Å². The summed E-state index contributed by atoms with van der Waals surface area (Å²) in [6.07, 6.45) is 1.53. The maximum Gasteiger partial charge on any atom is 0.339 e. The van der Waals surface area contributed by atoms with E-state index >= 15 is 0 Å². The van der Waals surface area contributed by atoms with Crippen molar-refractivity contribution in [1.82, 2.24) is 4.98 Å². The van der Waals surface area contributed by atoms with Crippen molar-refractivity contribution < 1.29 is 9.90 Å². The number of aromatic nitrogens is 1. The van der Waals surface area contributed by atoms with Gasteiger partial charge in [-0.05, 0) is 39.7 Å². The molecule has 0 aliphatic heterocycles.